The molecule has 4 nitrogen and oxygen atoms in total. The maximum atomic E-state index is 12.1. The van der Waals surface area contributed by atoms with Crippen LogP contribution >= 0.6 is 0 Å². The molecule has 1 aliphatic rings. The van der Waals surface area contributed by atoms with E-state index in [9.17, 15) is 4.79 Å². The number of ether oxygens (including phenoxy) is 3. The van der Waals surface area contributed by atoms with Crippen LogP contribution < -0.4 is 12.4 Å². The van der Waals surface area contributed by atoms with Gasteiger partial charge in [-0.15, -0.1) is 0 Å². The van der Waals surface area contributed by atoms with Gasteiger partial charge in [-0.05, 0) is 32.8 Å². The highest BCUT2D eigenvalue weighted by molar-refractivity contribution is 5.72. The summed E-state index contributed by atoms with van der Waals surface area (Å²) < 4.78 is 17.5. The highest BCUT2D eigenvalue weighted by Gasteiger charge is 2.33. The molecule has 0 bridgehead atoms. The van der Waals surface area contributed by atoms with Gasteiger partial charge < -0.3 is 26.6 Å². The van der Waals surface area contributed by atoms with Crippen LogP contribution in [0.15, 0.2) is 42.5 Å². The molecule has 1 aromatic rings. The topological polar surface area (TPSA) is 44.8 Å². The summed E-state index contributed by atoms with van der Waals surface area (Å²) in [5.74, 6) is -0.378. The number of hydrogen-bond donors (Lipinski definition) is 0. The molecular weight excluding hydrogens is 340 g/mol. The Morgan fingerprint density at radius 1 is 1.24 bits per heavy atom. The standard InChI is InChI=1S/C20H28O4.ClH/c1-14(2)11-23-19-16(4)24-20(21)15(3)12-22-13-18(19)10-17-8-6-5-7-9-17;/h5-9,15-16,18-19H,1,10-13H2,2-4H3;1H/p-1/t15-,16-,18-,19-;/m0./s1. The third kappa shape index (κ3) is 6.81. The van der Waals surface area contributed by atoms with E-state index in [2.05, 4.69) is 18.7 Å². The first-order valence-corrected chi connectivity index (χ1v) is 8.55. The van der Waals surface area contributed by atoms with E-state index in [1.54, 1.807) is 0 Å². The summed E-state index contributed by atoms with van der Waals surface area (Å²) in [6, 6.07) is 10.3. The van der Waals surface area contributed by atoms with E-state index in [1.165, 1.54) is 5.56 Å². The molecule has 0 spiro atoms. The predicted molar refractivity (Wildman–Crippen MR) is 93.7 cm³/mol. The van der Waals surface area contributed by atoms with Gasteiger partial charge in [0.1, 0.15) is 6.10 Å². The number of cyclic esters (lactones) is 1. The fourth-order valence-electron chi connectivity index (χ4n) is 2.91. The van der Waals surface area contributed by atoms with Crippen molar-refractivity contribution in [2.45, 2.75) is 39.4 Å². The number of hydrogen-bond acceptors (Lipinski definition) is 4. The third-order valence-electron chi connectivity index (χ3n) is 4.19. The second-order valence-corrected chi connectivity index (χ2v) is 6.76. The van der Waals surface area contributed by atoms with Crippen molar-refractivity contribution in [2.75, 3.05) is 19.8 Å². The first-order chi connectivity index (χ1) is 11.5. The van der Waals surface area contributed by atoms with Crippen LogP contribution in [0.4, 0.5) is 0 Å². The van der Waals surface area contributed by atoms with Gasteiger partial charge in [0.15, 0.2) is 0 Å². The summed E-state index contributed by atoms with van der Waals surface area (Å²) in [5.41, 5.74) is 2.17. The van der Waals surface area contributed by atoms with Crippen LogP contribution in [0.25, 0.3) is 0 Å². The van der Waals surface area contributed by atoms with Crippen molar-refractivity contribution in [3.63, 3.8) is 0 Å². The van der Waals surface area contributed by atoms with Crippen LogP contribution in [-0.2, 0) is 25.4 Å². The number of halogens is 1. The zero-order valence-corrected chi connectivity index (χ0v) is 16.0. The number of esters is 1. The maximum absolute atomic E-state index is 12.1. The van der Waals surface area contributed by atoms with Crippen LogP contribution in [0.1, 0.15) is 26.3 Å². The first-order valence-electron chi connectivity index (χ1n) is 8.55. The molecule has 4 atom stereocenters. The van der Waals surface area contributed by atoms with Crippen molar-refractivity contribution >= 4 is 5.97 Å². The summed E-state index contributed by atoms with van der Waals surface area (Å²) >= 11 is 0. The van der Waals surface area contributed by atoms with Crippen molar-refractivity contribution in [1.29, 1.82) is 0 Å². The molecule has 0 aliphatic carbocycles. The highest BCUT2D eigenvalue weighted by Crippen LogP contribution is 2.23. The fraction of sp³-hybridized carbons (Fsp3) is 0.550. The molecule has 0 aromatic heterocycles. The van der Waals surface area contributed by atoms with E-state index in [-0.39, 0.29) is 42.4 Å². The lowest BCUT2D eigenvalue weighted by Gasteiger charge is -2.31. The van der Waals surface area contributed by atoms with Crippen molar-refractivity contribution in [3.05, 3.63) is 48.0 Å². The average molecular weight is 368 g/mol. The lowest BCUT2D eigenvalue weighted by Crippen LogP contribution is -3.00. The van der Waals surface area contributed by atoms with Crippen LogP contribution in [0.3, 0.4) is 0 Å². The molecule has 1 aliphatic heterocycles. The van der Waals surface area contributed by atoms with Crippen LogP contribution in [0.5, 0.6) is 0 Å². The molecule has 1 saturated heterocycles. The normalized spacial score (nSPS) is 27.2. The predicted octanol–water partition coefficient (Wildman–Crippen LogP) is 0.409. The summed E-state index contributed by atoms with van der Waals surface area (Å²) in [7, 11) is 0. The Morgan fingerprint density at radius 2 is 1.92 bits per heavy atom. The Morgan fingerprint density at radius 3 is 2.56 bits per heavy atom. The van der Waals surface area contributed by atoms with Gasteiger partial charge >= 0.3 is 5.97 Å². The summed E-state index contributed by atoms with van der Waals surface area (Å²) in [5, 5.41) is 0. The van der Waals surface area contributed by atoms with Gasteiger partial charge in [-0.1, -0.05) is 42.5 Å². The molecule has 0 unspecified atom stereocenters. The van der Waals surface area contributed by atoms with E-state index in [0.717, 1.165) is 12.0 Å². The molecule has 0 N–H and O–H groups in total. The number of carbonyl (C=O) groups is 1. The Bertz CT molecular complexity index is 546. The van der Waals surface area contributed by atoms with Gasteiger partial charge in [-0.3, -0.25) is 4.79 Å². The van der Waals surface area contributed by atoms with Gasteiger partial charge in [-0.25, -0.2) is 0 Å². The third-order valence-corrected chi connectivity index (χ3v) is 4.19. The van der Waals surface area contributed by atoms with E-state index in [1.807, 2.05) is 39.0 Å². The van der Waals surface area contributed by atoms with Crippen molar-refractivity contribution in [3.8, 4) is 0 Å². The minimum absolute atomic E-state index is 0. The fourth-order valence-corrected chi connectivity index (χ4v) is 2.91. The van der Waals surface area contributed by atoms with E-state index in [0.29, 0.717) is 19.8 Å². The van der Waals surface area contributed by atoms with Crippen molar-refractivity contribution in [1.82, 2.24) is 0 Å². The minimum atomic E-state index is -0.324. The lowest BCUT2D eigenvalue weighted by atomic mass is 9.91. The minimum Gasteiger partial charge on any atom is -1.00 e. The molecular formula is C20H28ClO4-. The van der Waals surface area contributed by atoms with Gasteiger partial charge in [-0.2, -0.15) is 0 Å². The quantitative estimate of drug-likeness (QED) is 0.558. The number of rotatable bonds is 5. The smallest absolute Gasteiger partial charge is 0.311 e. The first kappa shape index (κ1) is 21.7. The van der Waals surface area contributed by atoms with Gasteiger partial charge in [0.2, 0.25) is 0 Å². The Hall–Kier alpha value is -1.36. The van der Waals surface area contributed by atoms with Crippen LogP contribution in [-0.4, -0.2) is 38.0 Å². The zero-order valence-electron chi connectivity index (χ0n) is 15.2. The van der Waals surface area contributed by atoms with Crippen molar-refractivity contribution < 1.29 is 31.4 Å². The summed E-state index contributed by atoms with van der Waals surface area (Å²) in [6.45, 7) is 10.9. The van der Waals surface area contributed by atoms with Gasteiger partial charge in [0.25, 0.3) is 0 Å². The molecule has 2 rings (SSSR count). The number of carbonyl (C=O) groups excluding carboxylic acids is 1. The van der Waals surface area contributed by atoms with E-state index in [4.69, 9.17) is 14.2 Å². The SMILES string of the molecule is C=C(C)CO[C@@H]1[C@@H](Cc2ccccc2)COC[C@H](C)C(=O)O[C@H]1C.[Cl-]. The van der Waals surface area contributed by atoms with Crippen LogP contribution in [0.2, 0.25) is 0 Å². The summed E-state index contributed by atoms with van der Waals surface area (Å²) in [4.78, 5) is 12.1. The van der Waals surface area contributed by atoms with Crippen LogP contribution in [0, 0.1) is 11.8 Å². The monoisotopic (exact) mass is 367 g/mol. The van der Waals surface area contributed by atoms with Crippen molar-refractivity contribution in [2.24, 2.45) is 11.8 Å². The van der Waals surface area contributed by atoms with E-state index < -0.39 is 0 Å². The molecule has 1 aromatic carbocycles. The molecule has 1 heterocycles. The second-order valence-electron chi connectivity index (χ2n) is 6.76. The molecule has 0 radical (unpaired) electrons. The second kappa shape index (κ2) is 10.6. The molecule has 25 heavy (non-hydrogen) atoms. The Balaban J connectivity index is 0.00000312. The van der Waals surface area contributed by atoms with Gasteiger partial charge in [0, 0.05) is 5.92 Å². The zero-order chi connectivity index (χ0) is 17.5. The Labute approximate surface area is 157 Å². The molecule has 5 heteroatoms. The summed E-state index contributed by atoms with van der Waals surface area (Å²) in [6.07, 6.45) is 0.267. The molecule has 1 fully saturated rings. The largest absolute Gasteiger partial charge is 1.00 e. The highest BCUT2D eigenvalue weighted by atomic mass is 35.5. The van der Waals surface area contributed by atoms with E-state index >= 15 is 0 Å². The maximum Gasteiger partial charge on any atom is 0.311 e. The molecule has 140 valence electrons. The Kier molecular flexibility index (Phi) is 9.19. The lowest BCUT2D eigenvalue weighted by molar-refractivity contribution is -0.161. The molecule has 0 amide bonds. The number of benzene rings is 1. The molecule has 0 saturated carbocycles. The van der Waals surface area contributed by atoms with Gasteiger partial charge in [0.05, 0.1) is 31.8 Å². The average Bonchev–Trinajstić information content (AvgIpc) is 2.58.